The molecule has 0 fully saturated rings. The molecule has 0 aliphatic rings. The molecule has 0 radical (unpaired) electrons. The molecule has 2 aromatic heterocycles. The fraction of sp³-hybridized carbons (Fsp3) is 0.409. The summed E-state index contributed by atoms with van der Waals surface area (Å²) in [6.45, 7) is 4.66. The van der Waals surface area contributed by atoms with Crippen molar-refractivity contribution in [1.82, 2.24) is 18.7 Å². The Morgan fingerprint density at radius 2 is 1.73 bits per heavy atom. The van der Waals surface area contributed by atoms with Crippen LogP contribution in [-0.4, -0.2) is 32.9 Å². The molecule has 0 N–H and O–H groups in total. The van der Waals surface area contributed by atoms with Crippen molar-refractivity contribution < 1.29 is 10.8 Å². The van der Waals surface area contributed by atoms with Gasteiger partial charge in [-0.25, -0.2) is 9.78 Å². The number of aryl methyl sites for hydroxylation is 2. The van der Waals surface area contributed by atoms with E-state index < -0.39 is 5.56 Å². The summed E-state index contributed by atoms with van der Waals surface area (Å²) >= 11 is 0. The minimum atomic E-state index is -0.403. The van der Waals surface area contributed by atoms with E-state index in [2.05, 4.69) is 4.98 Å². The highest BCUT2D eigenvalue weighted by Crippen LogP contribution is 2.28. The molecule has 1 aromatic carbocycles. The van der Waals surface area contributed by atoms with Crippen molar-refractivity contribution in [2.24, 2.45) is 7.02 Å². The molecule has 30 heavy (non-hydrogen) atoms. The molecule has 8 nitrogen and oxygen atoms in total. The highest BCUT2D eigenvalue weighted by molar-refractivity contribution is 5.77. The first-order chi connectivity index (χ1) is 15.0. The third-order valence-electron chi connectivity index (χ3n) is 4.87. The molecule has 3 aromatic rings. The summed E-state index contributed by atoms with van der Waals surface area (Å²) in [5.41, 5.74) is 0.688. The number of hydrogen-bond acceptors (Lipinski definition) is 5. The smallest absolute Gasteiger partial charge is 0.332 e. The number of imidazole rings is 1. The highest BCUT2D eigenvalue weighted by Gasteiger charge is 2.18. The first-order valence-corrected chi connectivity index (χ1v) is 9.93. The summed E-state index contributed by atoms with van der Waals surface area (Å²) in [6, 6.07) is 5.49. The number of nitrogens with zero attached hydrogens (tertiary/aromatic N) is 4. The van der Waals surface area contributed by atoms with Crippen molar-refractivity contribution in [3.05, 3.63) is 50.4 Å². The van der Waals surface area contributed by atoms with Gasteiger partial charge in [0.2, 0.25) is 0 Å². The van der Waals surface area contributed by atoms with Gasteiger partial charge in [0.05, 0.1) is 14.2 Å². The van der Waals surface area contributed by atoms with E-state index in [9.17, 15) is 9.59 Å². The Balaban J connectivity index is 2.19. The fourth-order valence-corrected chi connectivity index (χ4v) is 3.41. The van der Waals surface area contributed by atoms with Gasteiger partial charge in [-0.15, -0.1) is 0 Å². The van der Waals surface area contributed by atoms with Crippen molar-refractivity contribution in [1.29, 1.82) is 0 Å². The number of aromatic nitrogens is 4. The summed E-state index contributed by atoms with van der Waals surface area (Å²) in [4.78, 5) is 30.5. The highest BCUT2D eigenvalue weighted by atomic mass is 16.5. The fourth-order valence-electron chi connectivity index (χ4n) is 3.41. The Morgan fingerprint density at radius 3 is 2.37 bits per heavy atom. The molecule has 0 aliphatic carbocycles. The van der Waals surface area contributed by atoms with E-state index in [1.165, 1.54) is 13.7 Å². The van der Waals surface area contributed by atoms with Gasteiger partial charge in [-0.1, -0.05) is 26.0 Å². The number of hydrogen-bond donors (Lipinski definition) is 0. The molecule has 0 bridgehead atoms. The average Bonchev–Trinajstić information content (AvgIpc) is 3.16. The lowest BCUT2D eigenvalue weighted by atomic mass is 10.2. The van der Waals surface area contributed by atoms with E-state index in [1.54, 1.807) is 26.4 Å². The molecular weight excluding hydrogens is 384 g/mol. The molecule has 0 unspecified atom stereocenters. The standard InChI is InChI=1S/C22H28N4O4/c1-6-12-25-20-19(21(27)26(13-7-2)22(25)28)24(3)18(23-20)11-9-15-8-10-16(29-4)17(14-15)30-5/h8-11,14H,6-7,12-13H2,1-5H3/b11-9+/i3T. The molecule has 0 saturated heterocycles. The first kappa shape index (κ1) is 20.0. The van der Waals surface area contributed by atoms with Gasteiger partial charge >= 0.3 is 5.69 Å². The summed E-state index contributed by atoms with van der Waals surface area (Å²) in [5.74, 6) is 1.66. The quantitative estimate of drug-likeness (QED) is 0.566. The molecule has 0 saturated carbocycles. The van der Waals surface area contributed by atoms with Crippen LogP contribution in [0, 0.1) is 0 Å². The molecular formula is C22H28N4O4. The number of benzene rings is 1. The Kier molecular flexibility index (Phi) is 6.02. The van der Waals surface area contributed by atoms with Crippen LogP contribution in [0.15, 0.2) is 27.8 Å². The molecule has 2 heterocycles. The average molecular weight is 414 g/mol. The third-order valence-corrected chi connectivity index (χ3v) is 4.87. The molecule has 0 aliphatic heterocycles. The van der Waals surface area contributed by atoms with Crippen LogP contribution in [0.4, 0.5) is 0 Å². The van der Waals surface area contributed by atoms with Crippen molar-refractivity contribution in [2.75, 3.05) is 14.2 Å². The topological polar surface area (TPSA) is 80.3 Å². The molecule has 0 spiro atoms. The van der Waals surface area contributed by atoms with Crippen LogP contribution in [0.25, 0.3) is 23.3 Å². The van der Waals surface area contributed by atoms with Crippen LogP contribution in [0.1, 0.15) is 39.4 Å². The Hall–Kier alpha value is -3.29. The minimum absolute atomic E-state index is 0.187. The molecule has 8 heteroatoms. The molecule has 0 atom stereocenters. The molecule has 3 rings (SSSR count). The van der Waals surface area contributed by atoms with Crippen molar-refractivity contribution >= 4 is 23.3 Å². The van der Waals surface area contributed by atoms with Crippen LogP contribution in [-0.2, 0) is 20.1 Å². The van der Waals surface area contributed by atoms with Gasteiger partial charge in [0.1, 0.15) is 5.82 Å². The minimum Gasteiger partial charge on any atom is -0.493 e. The first-order valence-electron chi connectivity index (χ1n) is 10.6. The second-order valence-corrected chi connectivity index (χ2v) is 6.91. The summed E-state index contributed by atoms with van der Waals surface area (Å²) in [7, 11) is 2.96. The van der Waals surface area contributed by atoms with Gasteiger partial charge in [-0.2, -0.15) is 0 Å². The van der Waals surface area contributed by atoms with E-state index in [0.717, 1.165) is 12.0 Å². The summed E-state index contributed by atoms with van der Waals surface area (Å²) in [6.07, 6.45) is 4.94. The monoisotopic (exact) mass is 414 g/mol. The zero-order valence-corrected chi connectivity index (χ0v) is 17.8. The maximum Gasteiger partial charge on any atom is 0.332 e. The number of methoxy groups -OCH3 is 2. The number of fused-ring (bicyclic) bond motifs is 1. The van der Waals surface area contributed by atoms with Gasteiger partial charge < -0.3 is 14.0 Å². The molecule has 0 amide bonds. The predicted molar refractivity (Wildman–Crippen MR) is 118 cm³/mol. The Bertz CT molecular complexity index is 1220. The van der Waals surface area contributed by atoms with Crippen LogP contribution >= 0.6 is 0 Å². The van der Waals surface area contributed by atoms with E-state index in [-0.39, 0.29) is 18.2 Å². The van der Waals surface area contributed by atoms with Crippen molar-refractivity contribution in [2.45, 2.75) is 39.8 Å². The van der Waals surface area contributed by atoms with Gasteiger partial charge in [0.15, 0.2) is 22.7 Å². The van der Waals surface area contributed by atoms with Gasteiger partial charge in [0, 0.05) is 21.5 Å². The second kappa shape index (κ2) is 9.02. The van der Waals surface area contributed by atoms with E-state index >= 15 is 0 Å². The lowest BCUT2D eigenvalue weighted by Crippen LogP contribution is -2.40. The number of ether oxygens (including phenoxy) is 2. The van der Waals surface area contributed by atoms with Crippen LogP contribution in [0.3, 0.4) is 0 Å². The maximum atomic E-state index is 13.1. The zero-order valence-electron chi connectivity index (χ0n) is 18.8. The van der Waals surface area contributed by atoms with E-state index in [0.29, 0.717) is 42.5 Å². The zero-order chi connectivity index (χ0) is 22.5. The maximum absolute atomic E-state index is 13.1. The van der Waals surface area contributed by atoms with Crippen LogP contribution in [0.5, 0.6) is 11.5 Å². The second-order valence-electron chi connectivity index (χ2n) is 6.91. The van der Waals surface area contributed by atoms with Crippen LogP contribution in [0.2, 0.25) is 0 Å². The lowest BCUT2D eigenvalue weighted by Gasteiger charge is -2.10. The van der Waals surface area contributed by atoms with E-state index in [1.807, 2.05) is 32.1 Å². The van der Waals surface area contributed by atoms with Gasteiger partial charge in [-0.05, 0) is 36.6 Å². The number of rotatable bonds is 8. The normalized spacial score (nSPS) is 11.9. The summed E-state index contributed by atoms with van der Waals surface area (Å²) < 4.78 is 22.9. The summed E-state index contributed by atoms with van der Waals surface area (Å²) in [5, 5.41) is 0. The predicted octanol–water partition coefficient (Wildman–Crippen LogP) is 2.90. The van der Waals surface area contributed by atoms with Gasteiger partial charge in [0.25, 0.3) is 5.56 Å². The lowest BCUT2D eigenvalue weighted by molar-refractivity contribution is 0.355. The van der Waals surface area contributed by atoms with Gasteiger partial charge in [-0.3, -0.25) is 13.9 Å². The Morgan fingerprint density at radius 1 is 1.03 bits per heavy atom. The van der Waals surface area contributed by atoms with Crippen LogP contribution < -0.4 is 20.7 Å². The third kappa shape index (κ3) is 3.77. The SMILES string of the molecule is [3H]Cn1c(/C=C/c2ccc(OC)c(OC)c2)nc2c1c(=O)n(CCC)c(=O)n2CCC. The van der Waals surface area contributed by atoms with Crippen molar-refractivity contribution in [3.8, 4) is 11.5 Å². The largest absolute Gasteiger partial charge is 0.493 e. The van der Waals surface area contributed by atoms with E-state index in [4.69, 9.17) is 10.8 Å². The Labute approximate surface area is 176 Å². The molecule has 160 valence electrons. The van der Waals surface area contributed by atoms with Crippen molar-refractivity contribution in [3.63, 3.8) is 0 Å².